The van der Waals surface area contributed by atoms with Crippen molar-refractivity contribution >= 4 is 5.97 Å². The zero-order valence-corrected chi connectivity index (χ0v) is 10.9. The highest BCUT2D eigenvalue weighted by molar-refractivity contribution is 5.81. The lowest BCUT2D eigenvalue weighted by Gasteiger charge is -2.29. The van der Waals surface area contributed by atoms with Crippen LogP contribution in [0.15, 0.2) is 30.3 Å². The van der Waals surface area contributed by atoms with Gasteiger partial charge >= 0.3 is 5.97 Å². The van der Waals surface area contributed by atoms with Crippen molar-refractivity contribution < 1.29 is 14.6 Å². The Morgan fingerprint density at radius 1 is 1.33 bits per heavy atom. The summed E-state index contributed by atoms with van der Waals surface area (Å²) in [5, 5.41) is 10.5. The quantitative estimate of drug-likeness (QED) is 0.657. The monoisotopic (exact) mass is 246 g/mol. The predicted molar refractivity (Wildman–Crippen MR) is 69.6 cm³/mol. The van der Waals surface area contributed by atoms with Gasteiger partial charge in [0.1, 0.15) is 5.60 Å². The minimum Gasteiger partial charge on any atom is -0.458 e. The second kappa shape index (κ2) is 5.24. The number of aliphatic hydroxyl groups is 1. The van der Waals surface area contributed by atoms with Crippen LogP contribution in [0.2, 0.25) is 0 Å². The number of carbonyl (C=O) groups is 1. The fourth-order valence-corrected chi connectivity index (χ4v) is 1.52. The normalized spacial score (nSPS) is 14.4. The Morgan fingerprint density at radius 3 is 2.33 bits per heavy atom. The Hall–Kier alpha value is -1.79. The zero-order chi connectivity index (χ0) is 13.8. The molecule has 96 valence electrons. The summed E-state index contributed by atoms with van der Waals surface area (Å²) in [7, 11) is 0. The van der Waals surface area contributed by atoms with Gasteiger partial charge in [0.05, 0.1) is 6.42 Å². The molecule has 1 atom stereocenters. The molecular weight excluding hydrogens is 228 g/mol. The van der Waals surface area contributed by atoms with Gasteiger partial charge in [-0.3, -0.25) is 0 Å². The van der Waals surface area contributed by atoms with Crippen LogP contribution in [0.25, 0.3) is 0 Å². The maximum absolute atomic E-state index is 12.1. The standard InChI is InChI=1S/C15H18O3/c1-5-11-15(17,12-9-7-6-8-10-12)13(16)18-14(2,3)4/h1,6-10,17H,11H2,2-4H3/t15-/m1/s1. The van der Waals surface area contributed by atoms with Gasteiger partial charge in [0.2, 0.25) is 0 Å². The second-order valence-electron chi connectivity index (χ2n) is 5.11. The van der Waals surface area contributed by atoms with Crippen molar-refractivity contribution in [1.29, 1.82) is 0 Å². The molecule has 0 aliphatic heterocycles. The molecule has 0 spiro atoms. The molecule has 0 saturated heterocycles. The molecule has 0 amide bonds. The van der Waals surface area contributed by atoms with Crippen LogP contribution < -0.4 is 0 Å². The van der Waals surface area contributed by atoms with Crippen molar-refractivity contribution in [2.75, 3.05) is 0 Å². The molecule has 0 unspecified atom stereocenters. The third-order valence-electron chi connectivity index (χ3n) is 2.35. The van der Waals surface area contributed by atoms with Crippen LogP contribution in [0.3, 0.4) is 0 Å². The van der Waals surface area contributed by atoms with Gasteiger partial charge in [0.15, 0.2) is 5.60 Å². The number of esters is 1. The van der Waals surface area contributed by atoms with Crippen molar-refractivity contribution in [2.45, 2.75) is 38.4 Å². The summed E-state index contributed by atoms with van der Waals surface area (Å²) in [6, 6.07) is 8.58. The van der Waals surface area contributed by atoms with E-state index in [1.54, 1.807) is 51.1 Å². The van der Waals surface area contributed by atoms with Gasteiger partial charge in [-0.25, -0.2) is 4.79 Å². The van der Waals surface area contributed by atoms with E-state index in [1.807, 2.05) is 0 Å². The summed E-state index contributed by atoms with van der Waals surface area (Å²) in [6.45, 7) is 5.23. The van der Waals surface area contributed by atoms with Crippen molar-refractivity contribution in [3.63, 3.8) is 0 Å². The Bertz CT molecular complexity index is 451. The third-order valence-corrected chi connectivity index (χ3v) is 2.35. The molecule has 0 bridgehead atoms. The van der Waals surface area contributed by atoms with Crippen LogP contribution in [0.5, 0.6) is 0 Å². The largest absolute Gasteiger partial charge is 0.458 e. The van der Waals surface area contributed by atoms with Gasteiger partial charge in [-0.15, -0.1) is 12.3 Å². The van der Waals surface area contributed by atoms with E-state index in [0.717, 1.165) is 0 Å². The number of benzene rings is 1. The fraction of sp³-hybridized carbons (Fsp3) is 0.400. The van der Waals surface area contributed by atoms with E-state index < -0.39 is 17.2 Å². The number of rotatable bonds is 3. The lowest BCUT2D eigenvalue weighted by Crippen LogP contribution is -2.41. The molecule has 0 saturated carbocycles. The predicted octanol–water partition coefficient (Wildman–Crippen LogP) is 2.24. The Balaban J connectivity index is 3.09. The molecule has 1 N–H and O–H groups in total. The second-order valence-corrected chi connectivity index (χ2v) is 5.11. The topological polar surface area (TPSA) is 46.5 Å². The number of hydrogen-bond acceptors (Lipinski definition) is 3. The lowest BCUT2D eigenvalue weighted by atomic mass is 9.90. The summed E-state index contributed by atoms with van der Waals surface area (Å²) in [4.78, 5) is 12.1. The van der Waals surface area contributed by atoms with Crippen molar-refractivity contribution in [1.82, 2.24) is 0 Å². The first-order valence-corrected chi connectivity index (χ1v) is 5.74. The summed E-state index contributed by atoms with van der Waals surface area (Å²) >= 11 is 0. The molecule has 3 heteroatoms. The van der Waals surface area contributed by atoms with Gasteiger partial charge in [-0.2, -0.15) is 0 Å². The summed E-state index contributed by atoms with van der Waals surface area (Å²) < 4.78 is 5.23. The summed E-state index contributed by atoms with van der Waals surface area (Å²) in [6.07, 6.45) is 5.12. The van der Waals surface area contributed by atoms with Crippen LogP contribution in [-0.2, 0) is 15.1 Å². The van der Waals surface area contributed by atoms with Crippen LogP contribution in [0.4, 0.5) is 0 Å². The van der Waals surface area contributed by atoms with Crippen LogP contribution in [0, 0.1) is 12.3 Å². The van der Waals surface area contributed by atoms with E-state index in [0.29, 0.717) is 5.56 Å². The molecule has 0 fully saturated rings. The van der Waals surface area contributed by atoms with Gasteiger partial charge in [-0.05, 0) is 26.3 Å². The molecule has 1 rings (SSSR count). The molecule has 0 aliphatic rings. The van der Waals surface area contributed by atoms with E-state index in [9.17, 15) is 9.90 Å². The average molecular weight is 246 g/mol. The number of terminal acetylenes is 1. The first-order valence-electron chi connectivity index (χ1n) is 5.74. The fourth-order valence-electron chi connectivity index (χ4n) is 1.52. The molecule has 3 nitrogen and oxygen atoms in total. The third kappa shape index (κ3) is 3.35. The molecule has 18 heavy (non-hydrogen) atoms. The number of carbonyl (C=O) groups excluding carboxylic acids is 1. The Labute approximate surface area is 108 Å². The highest BCUT2D eigenvalue weighted by Gasteiger charge is 2.40. The first-order chi connectivity index (χ1) is 8.29. The van der Waals surface area contributed by atoms with E-state index in [1.165, 1.54) is 0 Å². The van der Waals surface area contributed by atoms with E-state index >= 15 is 0 Å². The summed E-state index contributed by atoms with van der Waals surface area (Å²) in [5.74, 6) is 1.60. The SMILES string of the molecule is C#CC[C@](O)(C(=O)OC(C)(C)C)c1ccccc1. The van der Waals surface area contributed by atoms with Crippen molar-refractivity contribution in [2.24, 2.45) is 0 Å². The molecule has 0 aromatic heterocycles. The van der Waals surface area contributed by atoms with Crippen molar-refractivity contribution in [3.05, 3.63) is 35.9 Å². The minimum atomic E-state index is -1.79. The van der Waals surface area contributed by atoms with Gasteiger partial charge in [0.25, 0.3) is 0 Å². The number of hydrogen-bond donors (Lipinski definition) is 1. The molecule has 0 aliphatic carbocycles. The van der Waals surface area contributed by atoms with Crippen LogP contribution >= 0.6 is 0 Å². The van der Waals surface area contributed by atoms with Crippen molar-refractivity contribution in [3.8, 4) is 12.3 Å². The van der Waals surface area contributed by atoms with Gasteiger partial charge in [-0.1, -0.05) is 30.3 Å². The first kappa shape index (κ1) is 14.3. The highest BCUT2D eigenvalue weighted by atomic mass is 16.6. The van der Waals surface area contributed by atoms with Gasteiger partial charge in [0, 0.05) is 0 Å². The number of ether oxygens (including phenoxy) is 1. The van der Waals surface area contributed by atoms with Gasteiger partial charge < -0.3 is 9.84 Å². The minimum absolute atomic E-state index is 0.119. The Kier molecular flexibility index (Phi) is 4.15. The van der Waals surface area contributed by atoms with E-state index in [-0.39, 0.29) is 6.42 Å². The maximum Gasteiger partial charge on any atom is 0.344 e. The molecule has 0 heterocycles. The Morgan fingerprint density at radius 2 is 1.89 bits per heavy atom. The van der Waals surface area contributed by atoms with E-state index in [4.69, 9.17) is 11.2 Å². The zero-order valence-electron chi connectivity index (χ0n) is 10.9. The lowest BCUT2D eigenvalue weighted by molar-refractivity contribution is -0.178. The smallest absolute Gasteiger partial charge is 0.344 e. The summed E-state index contributed by atoms with van der Waals surface area (Å²) in [5.41, 5.74) is -2.02. The van der Waals surface area contributed by atoms with E-state index in [2.05, 4.69) is 5.92 Å². The highest BCUT2D eigenvalue weighted by Crippen LogP contribution is 2.28. The van der Waals surface area contributed by atoms with Crippen LogP contribution in [0.1, 0.15) is 32.8 Å². The van der Waals surface area contributed by atoms with Crippen LogP contribution in [-0.4, -0.2) is 16.7 Å². The molecule has 1 aromatic rings. The average Bonchev–Trinajstić information content (AvgIpc) is 2.28. The molecule has 0 radical (unpaired) electrons. The maximum atomic E-state index is 12.1. The molecule has 1 aromatic carbocycles. The molecular formula is C15H18O3.